The highest BCUT2D eigenvalue weighted by molar-refractivity contribution is 5.99. The van der Waals surface area contributed by atoms with Gasteiger partial charge in [-0.15, -0.1) is 6.58 Å². The van der Waals surface area contributed by atoms with Gasteiger partial charge >= 0.3 is 0 Å². The van der Waals surface area contributed by atoms with Crippen molar-refractivity contribution in [2.45, 2.75) is 45.8 Å². The van der Waals surface area contributed by atoms with Gasteiger partial charge in [0, 0.05) is 55.4 Å². The van der Waals surface area contributed by atoms with E-state index in [0.29, 0.717) is 30.4 Å². The van der Waals surface area contributed by atoms with Gasteiger partial charge in [-0.1, -0.05) is 6.08 Å². The molecule has 206 valence electrons. The van der Waals surface area contributed by atoms with E-state index in [1.165, 1.54) is 16.9 Å². The van der Waals surface area contributed by atoms with Crippen molar-refractivity contribution in [3.63, 3.8) is 0 Å². The Bertz CT molecular complexity index is 1360. The van der Waals surface area contributed by atoms with Crippen molar-refractivity contribution in [3.05, 3.63) is 71.2 Å². The summed E-state index contributed by atoms with van der Waals surface area (Å²) in [6, 6.07) is 12.0. The summed E-state index contributed by atoms with van der Waals surface area (Å²) in [6.07, 6.45) is 3.05. The molecule has 0 spiro atoms. The smallest absolute Gasteiger partial charge is 0.267 e. The van der Waals surface area contributed by atoms with Crippen LogP contribution >= 0.6 is 0 Å². The van der Waals surface area contributed by atoms with E-state index in [1.807, 2.05) is 26.0 Å². The van der Waals surface area contributed by atoms with Gasteiger partial charge in [-0.3, -0.25) is 14.5 Å². The number of anilines is 5. The second-order valence-corrected chi connectivity index (χ2v) is 10.1. The van der Waals surface area contributed by atoms with Crippen LogP contribution in [0.4, 0.5) is 29.0 Å². The minimum absolute atomic E-state index is 0.127. The Morgan fingerprint density at radius 2 is 1.79 bits per heavy atom. The number of likely N-dealkylation sites (N-methyl/N-ethyl adjacent to an activating group) is 1. The number of amides is 1. The molecule has 1 aliphatic rings. The molecule has 0 saturated carbocycles. The second-order valence-electron chi connectivity index (χ2n) is 10.1. The Morgan fingerprint density at radius 1 is 1.10 bits per heavy atom. The Morgan fingerprint density at radius 3 is 2.44 bits per heavy atom. The molecule has 2 atom stereocenters. The Hall–Kier alpha value is -4.25. The lowest BCUT2D eigenvalue weighted by atomic mass is 10.1. The topological polar surface area (TPSA) is 120 Å². The summed E-state index contributed by atoms with van der Waals surface area (Å²) in [5.41, 5.74) is 2.00. The number of hydrogen-bond acceptors (Lipinski definition) is 9. The first-order chi connectivity index (χ1) is 18.7. The van der Waals surface area contributed by atoms with Gasteiger partial charge in [0.25, 0.3) is 11.5 Å². The Kier molecular flexibility index (Phi) is 8.60. The predicted octanol–water partition coefficient (Wildman–Crippen LogP) is 3.55. The lowest BCUT2D eigenvalue weighted by Crippen LogP contribution is -2.55. The number of piperazine rings is 1. The molecule has 3 heterocycles. The number of nitrogens with zero attached hydrogens (tertiary/aromatic N) is 6. The molecule has 0 unspecified atom stereocenters. The zero-order chi connectivity index (χ0) is 28.1. The van der Waals surface area contributed by atoms with Crippen molar-refractivity contribution in [1.82, 2.24) is 30.0 Å². The average molecular weight is 532 g/mol. The van der Waals surface area contributed by atoms with Crippen LogP contribution in [0.5, 0.6) is 0 Å². The van der Waals surface area contributed by atoms with E-state index >= 15 is 0 Å². The van der Waals surface area contributed by atoms with E-state index in [1.54, 1.807) is 12.1 Å². The molecule has 2 aromatic heterocycles. The molecule has 39 heavy (non-hydrogen) atoms. The highest BCUT2D eigenvalue weighted by Gasteiger charge is 2.26. The van der Waals surface area contributed by atoms with Gasteiger partial charge in [0.05, 0.1) is 6.04 Å². The third-order valence-electron chi connectivity index (χ3n) is 6.85. The number of carbonyl (C=O) groups is 1. The second kappa shape index (κ2) is 12.1. The number of aromatic nitrogens is 4. The van der Waals surface area contributed by atoms with E-state index < -0.39 is 0 Å². The minimum atomic E-state index is -0.360. The summed E-state index contributed by atoms with van der Waals surface area (Å²) >= 11 is 0. The Balaban J connectivity index is 1.57. The highest BCUT2D eigenvalue weighted by Crippen LogP contribution is 2.25. The monoisotopic (exact) mass is 531 g/mol. The van der Waals surface area contributed by atoms with Crippen LogP contribution in [0.25, 0.3) is 0 Å². The summed E-state index contributed by atoms with van der Waals surface area (Å²) in [5.74, 6) is 0.587. The van der Waals surface area contributed by atoms with E-state index in [0.717, 1.165) is 24.5 Å². The van der Waals surface area contributed by atoms with Crippen LogP contribution in [0, 0.1) is 0 Å². The van der Waals surface area contributed by atoms with Crippen molar-refractivity contribution < 1.29 is 4.79 Å². The van der Waals surface area contributed by atoms with Crippen LogP contribution in [-0.2, 0) is 0 Å². The normalized spacial score (nSPS) is 17.6. The van der Waals surface area contributed by atoms with Crippen LogP contribution in [0.3, 0.4) is 0 Å². The van der Waals surface area contributed by atoms with Crippen molar-refractivity contribution in [1.29, 1.82) is 0 Å². The van der Waals surface area contributed by atoms with Crippen molar-refractivity contribution in [2.24, 2.45) is 0 Å². The fourth-order valence-electron chi connectivity index (χ4n) is 4.45. The molecule has 1 aromatic carbocycles. The summed E-state index contributed by atoms with van der Waals surface area (Å²) in [4.78, 5) is 38.7. The van der Waals surface area contributed by atoms with Crippen molar-refractivity contribution in [3.8, 4) is 0 Å². The maximum atomic E-state index is 12.8. The summed E-state index contributed by atoms with van der Waals surface area (Å²) in [7, 11) is 2.17. The predicted molar refractivity (Wildman–Crippen MR) is 155 cm³/mol. The maximum Gasteiger partial charge on any atom is 0.267 e. The van der Waals surface area contributed by atoms with Crippen molar-refractivity contribution in [2.75, 3.05) is 42.2 Å². The van der Waals surface area contributed by atoms with Crippen LogP contribution in [0.15, 0.2) is 60.0 Å². The fraction of sp³-hybridized carbons (Fsp3) is 0.393. The third-order valence-corrected chi connectivity index (χ3v) is 6.85. The van der Waals surface area contributed by atoms with Gasteiger partial charge in [0.1, 0.15) is 11.4 Å². The van der Waals surface area contributed by atoms with Gasteiger partial charge in [0.2, 0.25) is 5.95 Å². The van der Waals surface area contributed by atoms with E-state index in [9.17, 15) is 9.59 Å². The number of hydrogen-bond donors (Lipinski definition) is 3. The Labute approximate surface area is 229 Å². The molecule has 11 heteroatoms. The third kappa shape index (κ3) is 6.61. The molecule has 0 bridgehead atoms. The molecule has 3 aromatic rings. The van der Waals surface area contributed by atoms with Crippen LogP contribution < -0.4 is 26.4 Å². The molecule has 4 rings (SSSR count). The number of benzene rings is 1. The molecule has 3 N–H and O–H groups in total. The average Bonchev–Trinajstić information content (AvgIpc) is 2.91. The maximum absolute atomic E-state index is 12.8. The van der Waals surface area contributed by atoms with Gasteiger partial charge in [-0.05, 0) is 65.1 Å². The molecule has 1 amide bonds. The summed E-state index contributed by atoms with van der Waals surface area (Å²) < 4.78 is 1.36. The van der Waals surface area contributed by atoms with Crippen LogP contribution in [-0.4, -0.2) is 69.3 Å². The summed E-state index contributed by atoms with van der Waals surface area (Å²) in [6.45, 7) is 14.1. The largest absolute Gasteiger partial charge is 0.368 e. The standard InChI is InChI=1S/C28H37N9O2/c1-7-14-29-27(39)23-15-30-28(33-26(23)32-24-12-13-25(38)37(34-24)18(2)3)31-21-8-10-22(11-9-21)36-16-19(4)35(6)20(5)17-36/h7-13,15,18-20H,1,14,16-17H2,2-6H3,(H,29,39)(H2,30,31,32,33,34)/t19-,20+. The lowest BCUT2D eigenvalue weighted by Gasteiger charge is -2.43. The first-order valence-corrected chi connectivity index (χ1v) is 13.1. The first-order valence-electron chi connectivity index (χ1n) is 13.1. The molecule has 0 aliphatic carbocycles. The van der Waals surface area contributed by atoms with Crippen LogP contribution in [0.1, 0.15) is 44.1 Å². The van der Waals surface area contributed by atoms with Gasteiger partial charge in [0.15, 0.2) is 5.82 Å². The number of rotatable bonds is 9. The number of nitrogens with one attached hydrogen (secondary N) is 3. The molecule has 1 fully saturated rings. The highest BCUT2D eigenvalue weighted by atomic mass is 16.1. The molecule has 1 aliphatic heterocycles. The molecular formula is C28H37N9O2. The van der Waals surface area contributed by atoms with Gasteiger partial charge in [-0.25, -0.2) is 9.67 Å². The fourth-order valence-corrected chi connectivity index (χ4v) is 4.45. The van der Waals surface area contributed by atoms with Crippen molar-refractivity contribution >= 4 is 34.9 Å². The van der Waals surface area contributed by atoms with E-state index in [2.05, 4.69) is 80.4 Å². The summed E-state index contributed by atoms with van der Waals surface area (Å²) in [5, 5.41) is 13.4. The molecular weight excluding hydrogens is 494 g/mol. The minimum Gasteiger partial charge on any atom is -0.368 e. The number of carbonyl (C=O) groups excluding carboxylic acids is 1. The lowest BCUT2D eigenvalue weighted by molar-refractivity contribution is 0.0958. The van der Waals surface area contributed by atoms with E-state index in [-0.39, 0.29) is 28.9 Å². The van der Waals surface area contributed by atoms with E-state index in [4.69, 9.17) is 0 Å². The quantitative estimate of drug-likeness (QED) is 0.356. The van der Waals surface area contributed by atoms with Crippen LogP contribution in [0.2, 0.25) is 0 Å². The molecule has 0 radical (unpaired) electrons. The SMILES string of the molecule is C=CCNC(=O)c1cnc(Nc2ccc(N3C[C@@H](C)N(C)[C@@H](C)C3)cc2)nc1Nc1ccc(=O)n(C(C)C)n1. The molecule has 1 saturated heterocycles. The van der Waals surface area contributed by atoms with Gasteiger partial charge in [-0.2, -0.15) is 10.1 Å². The zero-order valence-electron chi connectivity index (χ0n) is 23.2. The first kappa shape index (κ1) is 27.8. The van der Waals surface area contributed by atoms with Gasteiger partial charge < -0.3 is 20.9 Å². The zero-order valence-corrected chi connectivity index (χ0v) is 23.2. The molecule has 11 nitrogen and oxygen atoms in total.